The fraction of sp³-hybridized carbons (Fsp3) is 0.455. The third-order valence-electron chi connectivity index (χ3n) is 2.66. The number of hydrogen-bond acceptors (Lipinski definition) is 2. The van der Waals surface area contributed by atoms with E-state index in [9.17, 15) is 8.42 Å². The quantitative estimate of drug-likeness (QED) is 0.842. The highest BCUT2D eigenvalue weighted by Crippen LogP contribution is 2.11. The second kappa shape index (κ2) is 4.95. The molecule has 0 amide bonds. The highest BCUT2D eigenvalue weighted by Gasteiger charge is 2.23. The van der Waals surface area contributed by atoms with Gasteiger partial charge in [0.2, 0.25) is 0 Å². The van der Waals surface area contributed by atoms with Crippen molar-refractivity contribution >= 4 is 10.2 Å². The van der Waals surface area contributed by atoms with E-state index in [0.29, 0.717) is 19.6 Å². The molecule has 5 heteroatoms. The van der Waals surface area contributed by atoms with Crippen molar-refractivity contribution in [3.8, 4) is 0 Å². The van der Waals surface area contributed by atoms with Gasteiger partial charge >= 0.3 is 0 Å². The first-order valence-corrected chi connectivity index (χ1v) is 6.91. The minimum Gasteiger partial charge on any atom is -0.202 e. The Bertz CT molecular complexity index is 431. The Balaban J connectivity index is 2.13. The summed E-state index contributed by atoms with van der Waals surface area (Å²) in [6.07, 6.45) is 1.82. The molecule has 0 aromatic heterocycles. The summed E-state index contributed by atoms with van der Waals surface area (Å²) in [5.41, 5.74) is 1.02. The number of hydrogen-bond donors (Lipinski definition) is 1. The molecule has 1 heterocycles. The highest BCUT2D eigenvalue weighted by molar-refractivity contribution is 7.87. The fourth-order valence-electron chi connectivity index (χ4n) is 1.78. The molecule has 1 aromatic carbocycles. The summed E-state index contributed by atoms with van der Waals surface area (Å²) in [5, 5.41) is 0. The Morgan fingerprint density at radius 1 is 1.19 bits per heavy atom. The summed E-state index contributed by atoms with van der Waals surface area (Å²) in [6.45, 7) is 1.61. The van der Waals surface area contributed by atoms with Crippen molar-refractivity contribution in [2.75, 3.05) is 13.1 Å². The Hall–Kier alpha value is -0.910. The maximum Gasteiger partial charge on any atom is 0.279 e. The van der Waals surface area contributed by atoms with Crippen LogP contribution >= 0.6 is 0 Å². The molecule has 2 rings (SSSR count). The van der Waals surface area contributed by atoms with Gasteiger partial charge in [0.05, 0.1) is 0 Å². The average molecular weight is 240 g/mol. The Labute approximate surface area is 96.5 Å². The van der Waals surface area contributed by atoms with Gasteiger partial charge < -0.3 is 0 Å². The first kappa shape index (κ1) is 11.6. The van der Waals surface area contributed by atoms with E-state index in [-0.39, 0.29) is 0 Å². The molecule has 1 aliphatic rings. The van der Waals surface area contributed by atoms with E-state index in [2.05, 4.69) is 4.72 Å². The molecule has 0 spiro atoms. The van der Waals surface area contributed by atoms with E-state index in [1.165, 1.54) is 4.31 Å². The molecule has 0 bridgehead atoms. The minimum absolute atomic E-state index is 0.455. The predicted octanol–water partition coefficient (Wildman–Crippen LogP) is 1.12. The zero-order valence-electron chi connectivity index (χ0n) is 9.09. The van der Waals surface area contributed by atoms with Crippen LogP contribution < -0.4 is 4.72 Å². The van der Waals surface area contributed by atoms with Crippen molar-refractivity contribution in [3.63, 3.8) is 0 Å². The van der Waals surface area contributed by atoms with E-state index in [1.807, 2.05) is 30.3 Å². The molecule has 0 aliphatic carbocycles. The Morgan fingerprint density at radius 2 is 1.94 bits per heavy atom. The van der Waals surface area contributed by atoms with Gasteiger partial charge in [-0.2, -0.15) is 12.7 Å². The van der Waals surface area contributed by atoms with Crippen LogP contribution in [0.2, 0.25) is 0 Å². The van der Waals surface area contributed by atoms with Crippen LogP contribution in [0.25, 0.3) is 0 Å². The van der Waals surface area contributed by atoms with Crippen LogP contribution in [-0.2, 0) is 16.8 Å². The topological polar surface area (TPSA) is 49.4 Å². The van der Waals surface area contributed by atoms with Crippen molar-refractivity contribution in [2.24, 2.45) is 0 Å². The average Bonchev–Trinajstić information content (AvgIpc) is 2.43. The first-order chi connectivity index (χ1) is 7.68. The smallest absolute Gasteiger partial charge is 0.202 e. The van der Waals surface area contributed by atoms with Crippen molar-refractivity contribution in [3.05, 3.63) is 35.9 Å². The SMILES string of the molecule is O=S1(=O)NCCCCN1Cc1ccccc1. The lowest BCUT2D eigenvalue weighted by atomic mass is 10.2. The molecule has 0 unspecified atom stereocenters. The van der Waals surface area contributed by atoms with Crippen LogP contribution in [0.5, 0.6) is 0 Å². The van der Waals surface area contributed by atoms with Crippen molar-refractivity contribution in [1.82, 2.24) is 9.03 Å². The number of nitrogens with one attached hydrogen (secondary N) is 1. The molecular formula is C11H16N2O2S. The van der Waals surface area contributed by atoms with Gasteiger partial charge in [0, 0.05) is 19.6 Å². The zero-order chi connectivity index (χ0) is 11.4. The third kappa shape index (κ3) is 2.81. The van der Waals surface area contributed by atoms with Gasteiger partial charge in [0.1, 0.15) is 0 Å². The molecular weight excluding hydrogens is 224 g/mol. The van der Waals surface area contributed by atoms with Gasteiger partial charge in [-0.3, -0.25) is 0 Å². The molecule has 1 aromatic rings. The van der Waals surface area contributed by atoms with Gasteiger partial charge in [0.25, 0.3) is 10.2 Å². The first-order valence-electron chi connectivity index (χ1n) is 5.47. The lowest BCUT2D eigenvalue weighted by molar-refractivity contribution is 0.405. The molecule has 88 valence electrons. The molecule has 1 fully saturated rings. The summed E-state index contributed by atoms with van der Waals surface area (Å²) in [4.78, 5) is 0. The molecule has 4 nitrogen and oxygen atoms in total. The summed E-state index contributed by atoms with van der Waals surface area (Å²) in [7, 11) is -3.27. The Morgan fingerprint density at radius 3 is 2.69 bits per heavy atom. The van der Waals surface area contributed by atoms with Crippen LogP contribution in [0, 0.1) is 0 Å². The van der Waals surface area contributed by atoms with Gasteiger partial charge in [-0.15, -0.1) is 0 Å². The van der Waals surface area contributed by atoms with E-state index in [0.717, 1.165) is 18.4 Å². The molecule has 0 atom stereocenters. The van der Waals surface area contributed by atoms with Crippen molar-refractivity contribution in [2.45, 2.75) is 19.4 Å². The molecule has 0 radical (unpaired) electrons. The van der Waals surface area contributed by atoms with Gasteiger partial charge in [-0.05, 0) is 18.4 Å². The summed E-state index contributed by atoms with van der Waals surface area (Å²) in [5.74, 6) is 0. The van der Waals surface area contributed by atoms with Crippen molar-refractivity contribution < 1.29 is 8.42 Å². The second-order valence-corrected chi connectivity index (χ2v) is 5.68. The molecule has 1 N–H and O–H groups in total. The standard InChI is InChI=1S/C11H16N2O2S/c14-16(15)12-8-4-5-9-13(16)10-11-6-2-1-3-7-11/h1-3,6-7,12H,4-5,8-10H2. The number of benzene rings is 1. The third-order valence-corrected chi connectivity index (χ3v) is 4.22. The maximum atomic E-state index is 11.8. The van der Waals surface area contributed by atoms with E-state index in [1.54, 1.807) is 0 Å². The fourth-order valence-corrected chi connectivity index (χ4v) is 3.05. The van der Waals surface area contributed by atoms with E-state index in [4.69, 9.17) is 0 Å². The van der Waals surface area contributed by atoms with Crippen LogP contribution in [0.15, 0.2) is 30.3 Å². The predicted molar refractivity (Wildman–Crippen MR) is 63.0 cm³/mol. The van der Waals surface area contributed by atoms with Crippen molar-refractivity contribution in [1.29, 1.82) is 0 Å². The number of rotatable bonds is 2. The molecule has 0 saturated carbocycles. The van der Waals surface area contributed by atoms with Gasteiger partial charge in [0.15, 0.2) is 0 Å². The maximum absolute atomic E-state index is 11.8. The van der Waals surface area contributed by atoms with Gasteiger partial charge in [-0.1, -0.05) is 30.3 Å². The molecule has 16 heavy (non-hydrogen) atoms. The summed E-state index contributed by atoms with van der Waals surface area (Å²) < 4.78 is 27.7. The lowest BCUT2D eigenvalue weighted by Crippen LogP contribution is -2.38. The largest absolute Gasteiger partial charge is 0.279 e. The van der Waals surface area contributed by atoms with Gasteiger partial charge in [-0.25, -0.2) is 4.72 Å². The molecule has 1 saturated heterocycles. The van der Waals surface area contributed by atoms with Crippen LogP contribution in [0.4, 0.5) is 0 Å². The summed E-state index contributed by atoms with van der Waals surface area (Å²) in [6, 6.07) is 9.67. The Kier molecular flexibility index (Phi) is 3.58. The van der Waals surface area contributed by atoms with E-state index < -0.39 is 10.2 Å². The monoisotopic (exact) mass is 240 g/mol. The second-order valence-electron chi connectivity index (χ2n) is 3.93. The molecule has 1 aliphatic heterocycles. The minimum atomic E-state index is -3.27. The van der Waals surface area contributed by atoms with Crippen LogP contribution in [0.3, 0.4) is 0 Å². The lowest BCUT2D eigenvalue weighted by Gasteiger charge is -2.19. The van der Waals surface area contributed by atoms with Crippen LogP contribution in [0.1, 0.15) is 18.4 Å². The number of nitrogens with zero attached hydrogens (tertiary/aromatic N) is 1. The normalized spacial score (nSPS) is 21.5. The highest BCUT2D eigenvalue weighted by atomic mass is 32.2. The zero-order valence-corrected chi connectivity index (χ0v) is 9.91. The summed E-state index contributed by atoms with van der Waals surface area (Å²) >= 11 is 0. The van der Waals surface area contributed by atoms with E-state index >= 15 is 0 Å². The van der Waals surface area contributed by atoms with Crippen LogP contribution in [-0.4, -0.2) is 25.8 Å².